The van der Waals surface area contributed by atoms with Crippen LogP contribution < -0.4 is 0 Å². The molecule has 1 atom stereocenters. The van der Waals surface area contributed by atoms with Gasteiger partial charge in [0.25, 0.3) is 0 Å². The van der Waals surface area contributed by atoms with Gasteiger partial charge in [0.1, 0.15) is 6.17 Å². The second kappa shape index (κ2) is 11.7. The maximum atomic E-state index is 14.0. The van der Waals surface area contributed by atoms with Crippen molar-refractivity contribution in [2.24, 2.45) is 0 Å². The van der Waals surface area contributed by atoms with E-state index in [9.17, 15) is 4.39 Å². The molecule has 0 amide bonds. The van der Waals surface area contributed by atoms with E-state index in [4.69, 9.17) is 13.3 Å². The number of unbranched alkanes of at least 4 members (excludes halogenated alkanes) is 3. The Bertz CT molecular complexity index is 1040. The van der Waals surface area contributed by atoms with Crippen LogP contribution in [0.15, 0.2) is 54.6 Å². The third-order valence-electron chi connectivity index (χ3n) is 6.24. The molecule has 4 rings (SSSR count). The average Bonchev–Trinajstić information content (AvgIpc) is 2.85. The van der Waals surface area contributed by atoms with Crippen LogP contribution in [0.3, 0.4) is 0 Å². The molecule has 172 valence electrons. The Morgan fingerprint density at radius 3 is 2.28 bits per heavy atom. The summed E-state index contributed by atoms with van der Waals surface area (Å²) in [6.45, 7) is 2.20. The number of rotatable bonds is 8. The van der Waals surface area contributed by atoms with Crippen LogP contribution in [0.25, 0.3) is 27.6 Å². The van der Waals surface area contributed by atoms with E-state index in [0.717, 1.165) is 29.0 Å². The van der Waals surface area contributed by atoms with Gasteiger partial charge < -0.3 is 13.3 Å². The van der Waals surface area contributed by atoms with Crippen molar-refractivity contribution in [3.05, 3.63) is 65.7 Å². The van der Waals surface area contributed by atoms with Gasteiger partial charge in [-0.15, -0.1) is 0 Å². The fourth-order valence-corrected chi connectivity index (χ4v) is 6.14. The minimum Gasteiger partial charge on any atom is -0.377 e. The Hall–Kier alpha value is -2.05. The SMILES string of the molecule is CCCCCC[Si](OC)(OC)OC.FC1CC=Cc2c1ccc1c2ccc2ccccc21. The van der Waals surface area contributed by atoms with Crippen molar-refractivity contribution in [3.8, 4) is 0 Å². The van der Waals surface area contributed by atoms with Crippen molar-refractivity contribution in [1.29, 1.82) is 0 Å². The Morgan fingerprint density at radius 2 is 1.56 bits per heavy atom. The molecule has 1 aliphatic rings. The van der Waals surface area contributed by atoms with Crippen LogP contribution in [0.5, 0.6) is 0 Å². The van der Waals surface area contributed by atoms with Crippen LogP contribution in [0.4, 0.5) is 4.39 Å². The normalized spacial score (nSPS) is 15.5. The number of hydrogen-bond donors (Lipinski definition) is 0. The predicted molar refractivity (Wildman–Crippen MR) is 135 cm³/mol. The molecule has 0 bridgehead atoms. The standard InChI is InChI=1S/C18H13F.C9H22O3Si/c19-18-7-3-6-14-16-9-8-12-4-1-2-5-13(12)15(16)10-11-17(14)18;1-5-6-7-8-9-13(10-2,11-3)12-4/h1-6,8-11,18H,7H2;5-9H2,1-4H3. The van der Waals surface area contributed by atoms with Gasteiger partial charge in [-0.05, 0) is 39.1 Å². The lowest BCUT2D eigenvalue weighted by molar-refractivity contribution is 0.122. The molecule has 0 fully saturated rings. The van der Waals surface area contributed by atoms with Crippen molar-refractivity contribution in [1.82, 2.24) is 0 Å². The zero-order valence-corrected chi connectivity index (χ0v) is 20.7. The lowest BCUT2D eigenvalue weighted by Crippen LogP contribution is -2.42. The highest BCUT2D eigenvalue weighted by Crippen LogP contribution is 2.37. The average molecular weight is 455 g/mol. The summed E-state index contributed by atoms with van der Waals surface area (Å²) in [5.41, 5.74) is 1.87. The molecule has 5 heteroatoms. The summed E-state index contributed by atoms with van der Waals surface area (Å²) in [6, 6.07) is 17.5. The Balaban J connectivity index is 0.000000198. The van der Waals surface area contributed by atoms with Gasteiger partial charge >= 0.3 is 8.80 Å². The summed E-state index contributed by atoms with van der Waals surface area (Å²) in [5.74, 6) is 0. The first-order valence-electron chi connectivity index (χ1n) is 11.5. The van der Waals surface area contributed by atoms with E-state index < -0.39 is 15.0 Å². The Labute approximate surface area is 192 Å². The molecule has 1 aliphatic carbocycles. The van der Waals surface area contributed by atoms with E-state index in [-0.39, 0.29) is 0 Å². The van der Waals surface area contributed by atoms with Crippen LogP contribution in [0.2, 0.25) is 6.04 Å². The van der Waals surface area contributed by atoms with Gasteiger partial charge in [-0.25, -0.2) is 4.39 Å². The maximum absolute atomic E-state index is 14.0. The second-order valence-corrected chi connectivity index (χ2v) is 11.3. The summed E-state index contributed by atoms with van der Waals surface area (Å²) in [5, 5.41) is 4.81. The van der Waals surface area contributed by atoms with E-state index in [1.165, 1.54) is 35.4 Å². The first-order valence-corrected chi connectivity index (χ1v) is 13.4. The molecule has 0 saturated carbocycles. The lowest BCUT2D eigenvalue weighted by Gasteiger charge is -2.24. The van der Waals surface area contributed by atoms with Crippen LogP contribution in [-0.4, -0.2) is 30.1 Å². The van der Waals surface area contributed by atoms with E-state index in [0.29, 0.717) is 6.42 Å². The Kier molecular flexibility index (Phi) is 8.99. The van der Waals surface area contributed by atoms with Gasteiger partial charge in [0.15, 0.2) is 0 Å². The van der Waals surface area contributed by atoms with E-state index in [1.54, 1.807) is 21.3 Å². The molecule has 32 heavy (non-hydrogen) atoms. The largest absolute Gasteiger partial charge is 0.500 e. The molecule has 0 aliphatic heterocycles. The van der Waals surface area contributed by atoms with Crippen LogP contribution in [0, 0.1) is 0 Å². The summed E-state index contributed by atoms with van der Waals surface area (Å²) < 4.78 is 29.9. The third-order valence-corrected chi connectivity index (χ3v) is 9.07. The monoisotopic (exact) mass is 454 g/mol. The summed E-state index contributed by atoms with van der Waals surface area (Å²) >= 11 is 0. The van der Waals surface area contributed by atoms with Crippen LogP contribution >= 0.6 is 0 Å². The number of hydrogen-bond acceptors (Lipinski definition) is 3. The summed E-state index contributed by atoms with van der Waals surface area (Å²) in [7, 11) is 2.73. The molecular weight excluding hydrogens is 419 g/mol. The zero-order chi connectivity index (χ0) is 23.0. The van der Waals surface area contributed by atoms with Crippen LogP contribution in [0.1, 0.15) is 56.3 Å². The van der Waals surface area contributed by atoms with Gasteiger partial charge in [-0.2, -0.15) is 0 Å². The number of halogens is 1. The molecule has 0 aromatic heterocycles. The maximum Gasteiger partial charge on any atom is 0.500 e. The highest BCUT2D eigenvalue weighted by atomic mass is 28.4. The molecule has 3 aromatic rings. The highest BCUT2D eigenvalue weighted by molar-refractivity contribution is 6.60. The van der Waals surface area contributed by atoms with Gasteiger partial charge in [0.05, 0.1) is 0 Å². The van der Waals surface area contributed by atoms with Crippen molar-refractivity contribution in [2.45, 2.75) is 51.2 Å². The smallest absolute Gasteiger partial charge is 0.377 e. The van der Waals surface area contributed by atoms with Crippen molar-refractivity contribution in [3.63, 3.8) is 0 Å². The molecule has 1 unspecified atom stereocenters. The number of fused-ring (bicyclic) bond motifs is 5. The number of benzene rings is 3. The summed E-state index contributed by atoms with van der Waals surface area (Å²) in [4.78, 5) is 0. The molecular formula is C27H35FO3Si. The van der Waals surface area contributed by atoms with Gasteiger partial charge in [-0.1, -0.05) is 86.9 Å². The molecule has 0 radical (unpaired) electrons. The van der Waals surface area contributed by atoms with E-state index in [2.05, 4.69) is 49.4 Å². The van der Waals surface area contributed by atoms with Crippen molar-refractivity contribution in [2.75, 3.05) is 21.3 Å². The van der Waals surface area contributed by atoms with Gasteiger partial charge in [-0.3, -0.25) is 0 Å². The molecule has 0 heterocycles. The molecule has 3 aromatic carbocycles. The minimum absolute atomic E-state index is 0.492. The lowest BCUT2D eigenvalue weighted by atomic mass is 9.89. The number of allylic oxidation sites excluding steroid dienone is 1. The molecule has 0 spiro atoms. The van der Waals surface area contributed by atoms with Crippen molar-refractivity contribution >= 4 is 36.4 Å². The first kappa shape index (κ1) is 24.6. The van der Waals surface area contributed by atoms with E-state index in [1.807, 2.05) is 18.2 Å². The first-order chi connectivity index (χ1) is 15.6. The molecule has 0 saturated heterocycles. The fraction of sp³-hybridized carbons (Fsp3) is 0.407. The predicted octanol–water partition coefficient (Wildman–Crippen LogP) is 7.87. The third kappa shape index (κ3) is 5.46. The zero-order valence-electron chi connectivity index (χ0n) is 19.7. The van der Waals surface area contributed by atoms with Crippen LogP contribution in [-0.2, 0) is 13.3 Å². The highest BCUT2D eigenvalue weighted by Gasteiger charge is 2.36. The van der Waals surface area contributed by atoms with E-state index >= 15 is 0 Å². The van der Waals surface area contributed by atoms with Crippen molar-refractivity contribution < 1.29 is 17.7 Å². The molecule has 0 N–H and O–H groups in total. The second-order valence-electron chi connectivity index (χ2n) is 8.16. The number of alkyl halides is 1. The summed E-state index contributed by atoms with van der Waals surface area (Å²) in [6.07, 6.45) is 8.52. The van der Waals surface area contributed by atoms with Gasteiger partial charge in [0.2, 0.25) is 0 Å². The fourth-order valence-electron chi connectivity index (χ4n) is 4.34. The van der Waals surface area contributed by atoms with Gasteiger partial charge in [0, 0.05) is 33.8 Å². The molecule has 3 nitrogen and oxygen atoms in total. The topological polar surface area (TPSA) is 27.7 Å². The minimum atomic E-state index is -2.27. The quantitative estimate of drug-likeness (QED) is 0.197. The Morgan fingerprint density at radius 1 is 0.844 bits per heavy atom.